The molecule has 0 spiro atoms. The number of aryl methyl sites for hydroxylation is 1. The third-order valence-electron chi connectivity index (χ3n) is 7.99. The average molecular weight is 520 g/mol. The standard InChI is InChI=1S/C29H37N5O4/c1-3-19-15-20(27(35)26(16-19)34-31-24-14-13-23(38-2)17-25(24)32-34)18-30-28(36)29(37)33(22-11-7-8-12-22)21-9-5-4-6-10-21/h13-17,21-22,35H,3-12,18H2,1-2H3,(H,30,36). The lowest BCUT2D eigenvalue weighted by Gasteiger charge is -2.38. The van der Waals surface area contributed by atoms with Gasteiger partial charge in [-0.2, -0.15) is 0 Å². The van der Waals surface area contributed by atoms with Crippen LogP contribution in [-0.2, 0) is 22.6 Å². The van der Waals surface area contributed by atoms with Crippen molar-refractivity contribution in [1.82, 2.24) is 25.2 Å². The van der Waals surface area contributed by atoms with Crippen molar-refractivity contribution in [1.29, 1.82) is 0 Å². The zero-order valence-electron chi connectivity index (χ0n) is 22.3. The highest BCUT2D eigenvalue weighted by Crippen LogP contribution is 2.32. The molecule has 202 valence electrons. The molecule has 2 fully saturated rings. The van der Waals surface area contributed by atoms with Gasteiger partial charge in [0.2, 0.25) is 0 Å². The van der Waals surface area contributed by atoms with Crippen LogP contribution in [0.25, 0.3) is 16.7 Å². The number of carbonyl (C=O) groups is 2. The van der Waals surface area contributed by atoms with Crippen LogP contribution in [0.15, 0.2) is 30.3 Å². The first-order valence-corrected chi connectivity index (χ1v) is 13.8. The fourth-order valence-corrected chi connectivity index (χ4v) is 5.90. The number of phenolic OH excluding ortho intramolecular Hbond substituents is 1. The maximum Gasteiger partial charge on any atom is 0.312 e. The molecular formula is C29H37N5O4. The van der Waals surface area contributed by atoms with E-state index in [0.717, 1.165) is 63.4 Å². The molecule has 9 nitrogen and oxygen atoms in total. The minimum absolute atomic E-state index is 0.0258. The molecule has 2 aliphatic carbocycles. The van der Waals surface area contributed by atoms with Gasteiger partial charge in [0.1, 0.15) is 28.2 Å². The van der Waals surface area contributed by atoms with Crippen LogP contribution in [-0.4, -0.2) is 56.0 Å². The first-order chi connectivity index (χ1) is 18.5. The summed E-state index contributed by atoms with van der Waals surface area (Å²) in [5, 5.41) is 23.0. The molecule has 9 heteroatoms. The Bertz CT molecular complexity index is 1310. The van der Waals surface area contributed by atoms with Gasteiger partial charge < -0.3 is 20.1 Å². The number of carbonyl (C=O) groups excluding carboxylic acids is 2. The first kappa shape index (κ1) is 26.0. The predicted octanol–water partition coefficient (Wildman–Crippen LogP) is 4.42. The Hall–Kier alpha value is -3.62. The number of hydrogen-bond donors (Lipinski definition) is 2. The number of nitrogens with zero attached hydrogens (tertiary/aromatic N) is 4. The molecular weight excluding hydrogens is 482 g/mol. The van der Waals surface area contributed by atoms with E-state index in [4.69, 9.17) is 4.74 Å². The molecule has 38 heavy (non-hydrogen) atoms. The zero-order chi connectivity index (χ0) is 26.6. The molecule has 0 atom stereocenters. The van der Waals surface area contributed by atoms with Crippen LogP contribution < -0.4 is 10.1 Å². The number of nitrogens with one attached hydrogen (secondary N) is 1. The highest BCUT2D eigenvalue weighted by molar-refractivity contribution is 6.35. The van der Waals surface area contributed by atoms with E-state index in [-0.39, 0.29) is 24.4 Å². The summed E-state index contributed by atoms with van der Waals surface area (Å²) >= 11 is 0. The molecule has 0 aliphatic heterocycles. The largest absolute Gasteiger partial charge is 0.505 e. The summed E-state index contributed by atoms with van der Waals surface area (Å²) in [7, 11) is 1.59. The van der Waals surface area contributed by atoms with Crippen molar-refractivity contribution in [2.24, 2.45) is 0 Å². The SMILES string of the molecule is CCc1cc(CNC(=O)C(=O)N(C2CCCCC2)C2CCCC2)c(O)c(-n2nc3ccc(OC)cc3n2)c1. The van der Waals surface area contributed by atoms with Crippen molar-refractivity contribution in [3.05, 3.63) is 41.5 Å². The van der Waals surface area contributed by atoms with Crippen LogP contribution in [0.3, 0.4) is 0 Å². The third-order valence-corrected chi connectivity index (χ3v) is 7.99. The van der Waals surface area contributed by atoms with Crippen LogP contribution in [0.4, 0.5) is 0 Å². The van der Waals surface area contributed by atoms with Gasteiger partial charge in [-0.05, 0) is 55.9 Å². The lowest BCUT2D eigenvalue weighted by Crippen LogP contribution is -2.52. The fraction of sp³-hybridized carbons (Fsp3) is 0.517. The van der Waals surface area contributed by atoms with Crippen LogP contribution in [0.2, 0.25) is 0 Å². The number of ether oxygens (including phenoxy) is 1. The number of benzene rings is 2. The Morgan fingerprint density at radius 2 is 1.66 bits per heavy atom. The lowest BCUT2D eigenvalue weighted by atomic mass is 9.92. The molecule has 1 heterocycles. The summed E-state index contributed by atoms with van der Waals surface area (Å²) in [6, 6.07) is 9.40. The summed E-state index contributed by atoms with van der Waals surface area (Å²) in [4.78, 5) is 29.8. The van der Waals surface area contributed by atoms with Gasteiger partial charge >= 0.3 is 11.8 Å². The summed E-state index contributed by atoms with van der Waals surface area (Å²) < 4.78 is 5.28. The minimum Gasteiger partial charge on any atom is -0.505 e. The quantitative estimate of drug-likeness (QED) is 0.448. The second kappa shape index (κ2) is 11.4. The van der Waals surface area contributed by atoms with Crippen molar-refractivity contribution in [3.8, 4) is 17.2 Å². The summed E-state index contributed by atoms with van der Waals surface area (Å²) in [5.41, 5.74) is 3.21. The third kappa shape index (κ3) is 5.33. The topological polar surface area (TPSA) is 110 Å². The molecule has 2 aliphatic rings. The van der Waals surface area contributed by atoms with E-state index in [1.807, 2.05) is 36.1 Å². The molecule has 3 aromatic rings. The van der Waals surface area contributed by atoms with E-state index in [0.29, 0.717) is 28.0 Å². The van der Waals surface area contributed by atoms with Crippen molar-refractivity contribution in [2.75, 3.05) is 7.11 Å². The number of fused-ring (bicyclic) bond motifs is 1. The maximum absolute atomic E-state index is 13.4. The summed E-state index contributed by atoms with van der Waals surface area (Å²) in [6.45, 7) is 2.05. The summed E-state index contributed by atoms with van der Waals surface area (Å²) in [5.74, 6) is -0.407. The fourth-order valence-electron chi connectivity index (χ4n) is 5.90. The smallest absolute Gasteiger partial charge is 0.312 e. The molecule has 0 saturated heterocycles. The minimum atomic E-state index is -0.611. The number of phenols is 1. The van der Waals surface area contributed by atoms with Crippen LogP contribution in [0, 0.1) is 0 Å². The van der Waals surface area contributed by atoms with E-state index < -0.39 is 11.8 Å². The van der Waals surface area contributed by atoms with Gasteiger partial charge in [0, 0.05) is 30.3 Å². The second-order valence-electron chi connectivity index (χ2n) is 10.4. The number of hydrogen-bond acceptors (Lipinski definition) is 6. The van der Waals surface area contributed by atoms with E-state index in [9.17, 15) is 14.7 Å². The van der Waals surface area contributed by atoms with Gasteiger partial charge in [0.25, 0.3) is 0 Å². The Kier molecular flexibility index (Phi) is 7.81. The number of rotatable bonds is 7. The Labute approximate surface area is 223 Å². The maximum atomic E-state index is 13.4. The molecule has 1 aromatic heterocycles. The number of amides is 2. The molecule has 5 rings (SSSR count). The normalized spacial score (nSPS) is 16.6. The molecule has 2 amide bonds. The Morgan fingerprint density at radius 1 is 1.00 bits per heavy atom. The molecule has 2 N–H and O–H groups in total. The van der Waals surface area contributed by atoms with E-state index in [2.05, 4.69) is 15.5 Å². The van der Waals surface area contributed by atoms with Crippen LogP contribution >= 0.6 is 0 Å². The lowest BCUT2D eigenvalue weighted by molar-refractivity contribution is -0.150. The second-order valence-corrected chi connectivity index (χ2v) is 10.4. The molecule has 0 bridgehead atoms. The highest BCUT2D eigenvalue weighted by atomic mass is 16.5. The molecule has 2 aromatic carbocycles. The Morgan fingerprint density at radius 3 is 2.32 bits per heavy atom. The van der Waals surface area contributed by atoms with Crippen LogP contribution in [0.5, 0.6) is 11.5 Å². The van der Waals surface area contributed by atoms with E-state index in [1.54, 1.807) is 13.2 Å². The van der Waals surface area contributed by atoms with Gasteiger partial charge in [-0.3, -0.25) is 9.59 Å². The average Bonchev–Trinajstić information content (AvgIpc) is 3.63. The van der Waals surface area contributed by atoms with Gasteiger partial charge in [-0.15, -0.1) is 15.0 Å². The molecule has 0 unspecified atom stereocenters. The van der Waals surface area contributed by atoms with Gasteiger partial charge in [-0.25, -0.2) is 0 Å². The highest BCUT2D eigenvalue weighted by Gasteiger charge is 2.36. The number of aromatic nitrogens is 3. The zero-order valence-corrected chi connectivity index (χ0v) is 22.3. The first-order valence-electron chi connectivity index (χ1n) is 13.8. The number of methoxy groups -OCH3 is 1. The Balaban J connectivity index is 1.36. The van der Waals surface area contributed by atoms with Crippen molar-refractivity contribution >= 4 is 22.8 Å². The van der Waals surface area contributed by atoms with Gasteiger partial charge in [-0.1, -0.05) is 45.1 Å². The van der Waals surface area contributed by atoms with Crippen molar-refractivity contribution in [3.63, 3.8) is 0 Å². The van der Waals surface area contributed by atoms with E-state index in [1.165, 1.54) is 11.2 Å². The van der Waals surface area contributed by atoms with Crippen molar-refractivity contribution in [2.45, 2.75) is 89.8 Å². The van der Waals surface area contributed by atoms with Crippen LogP contribution in [0.1, 0.15) is 75.8 Å². The van der Waals surface area contributed by atoms with Crippen molar-refractivity contribution < 1.29 is 19.4 Å². The van der Waals surface area contributed by atoms with Gasteiger partial charge in [0.05, 0.1) is 7.11 Å². The number of aromatic hydroxyl groups is 1. The monoisotopic (exact) mass is 519 g/mol. The molecule has 0 radical (unpaired) electrons. The van der Waals surface area contributed by atoms with E-state index >= 15 is 0 Å². The molecule has 2 saturated carbocycles. The van der Waals surface area contributed by atoms with Gasteiger partial charge in [0.15, 0.2) is 0 Å². The summed E-state index contributed by atoms with van der Waals surface area (Å²) in [6.07, 6.45) is 10.2. The predicted molar refractivity (Wildman–Crippen MR) is 144 cm³/mol.